The van der Waals surface area contributed by atoms with Gasteiger partial charge in [-0.25, -0.2) is 8.42 Å². The van der Waals surface area contributed by atoms with Gasteiger partial charge < -0.3 is 5.11 Å². The molecule has 0 amide bonds. The summed E-state index contributed by atoms with van der Waals surface area (Å²) in [5.41, 5.74) is 0. The zero-order valence-corrected chi connectivity index (χ0v) is 9.78. The first kappa shape index (κ1) is 12.7. The van der Waals surface area contributed by atoms with E-state index in [0.717, 1.165) is 0 Å². The van der Waals surface area contributed by atoms with E-state index in [9.17, 15) is 13.2 Å². The normalized spacial score (nSPS) is 13.3. The van der Waals surface area contributed by atoms with Gasteiger partial charge in [0.25, 0.3) is 0 Å². The highest BCUT2D eigenvalue weighted by molar-refractivity contribution is 7.92. The Kier molecular flexibility index (Phi) is 4.06. The van der Waals surface area contributed by atoms with Crippen molar-refractivity contribution >= 4 is 15.8 Å². The third-order valence-electron chi connectivity index (χ3n) is 2.27. The van der Waals surface area contributed by atoms with E-state index in [0.29, 0.717) is 6.42 Å². The molecule has 0 heterocycles. The van der Waals surface area contributed by atoms with Gasteiger partial charge in [0.15, 0.2) is 15.1 Å². The molecule has 88 valence electrons. The molecule has 1 N–H and O–H groups in total. The molecule has 1 aromatic carbocycles. The second-order valence-corrected chi connectivity index (χ2v) is 5.60. The third kappa shape index (κ3) is 2.61. The van der Waals surface area contributed by atoms with Crippen LogP contribution in [-0.2, 0) is 14.6 Å². The lowest BCUT2D eigenvalue weighted by molar-refractivity contribution is -0.136. The van der Waals surface area contributed by atoms with Crippen molar-refractivity contribution in [1.82, 2.24) is 0 Å². The molecule has 1 atom stereocenters. The van der Waals surface area contributed by atoms with Crippen molar-refractivity contribution in [3.05, 3.63) is 30.3 Å². The Balaban J connectivity index is 3.14. The largest absolute Gasteiger partial charge is 0.480 e. The Labute approximate surface area is 94.8 Å². The van der Waals surface area contributed by atoms with Crippen LogP contribution in [0.25, 0.3) is 0 Å². The fourth-order valence-electron chi connectivity index (χ4n) is 1.45. The van der Waals surface area contributed by atoms with Gasteiger partial charge in [-0.1, -0.05) is 31.5 Å². The standard InChI is InChI=1S/C11H14O4S/c1-2-6-10(11(12)13)16(14,15)9-7-4-3-5-8-9/h3-5,7-8,10H,2,6H2,1H3,(H,12,13). The molecule has 0 aliphatic heterocycles. The van der Waals surface area contributed by atoms with Crippen molar-refractivity contribution in [1.29, 1.82) is 0 Å². The second kappa shape index (κ2) is 5.12. The zero-order chi connectivity index (χ0) is 12.2. The van der Waals surface area contributed by atoms with Crippen LogP contribution in [0.2, 0.25) is 0 Å². The van der Waals surface area contributed by atoms with Crippen LogP contribution in [0, 0.1) is 0 Å². The number of hydrogen-bond donors (Lipinski definition) is 1. The molecular formula is C11H14O4S. The molecule has 0 saturated heterocycles. The number of carbonyl (C=O) groups is 1. The molecule has 0 bridgehead atoms. The van der Waals surface area contributed by atoms with Gasteiger partial charge in [0.05, 0.1) is 4.90 Å². The Morgan fingerprint density at radius 1 is 1.31 bits per heavy atom. The molecule has 4 nitrogen and oxygen atoms in total. The first-order chi connectivity index (χ1) is 7.50. The van der Waals surface area contributed by atoms with Crippen LogP contribution in [0.15, 0.2) is 35.2 Å². The van der Waals surface area contributed by atoms with E-state index in [-0.39, 0.29) is 11.3 Å². The monoisotopic (exact) mass is 242 g/mol. The van der Waals surface area contributed by atoms with E-state index in [1.807, 2.05) is 0 Å². The minimum atomic E-state index is -3.76. The highest BCUT2D eigenvalue weighted by Gasteiger charge is 2.32. The maximum Gasteiger partial charge on any atom is 0.322 e. The third-order valence-corrected chi connectivity index (χ3v) is 4.39. The Bertz CT molecular complexity index is 450. The van der Waals surface area contributed by atoms with Crippen LogP contribution in [0.1, 0.15) is 19.8 Å². The van der Waals surface area contributed by atoms with Crippen LogP contribution < -0.4 is 0 Å². The molecular weight excluding hydrogens is 228 g/mol. The first-order valence-corrected chi connectivity index (χ1v) is 6.56. The van der Waals surface area contributed by atoms with Crippen molar-refractivity contribution < 1.29 is 18.3 Å². The summed E-state index contributed by atoms with van der Waals surface area (Å²) in [6, 6.07) is 7.69. The van der Waals surface area contributed by atoms with Crippen LogP contribution >= 0.6 is 0 Å². The fourth-order valence-corrected chi connectivity index (χ4v) is 3.12. The number of sulfone groups is 1. The number of aliphatic carboxylic acids is 1. The summed E-state index contributed by atoms with van der Waals surface area (Å²) in [4.78, 5) is 11.0. The minimum Gasteiger partial charge on any atom is -0.480 e. The number of carboxylic acids is 1. The number of rotatable bonds is 5. The van der Waals surface area contributed by atoms with Gasteiger partial charge in [-0.05, 0) is 18.6 Å². The molecule has 1 rings (SSSR count). The predicted octanol–water partition coefficient (Wildman–Crippen LogP) is 1.71. The lowest BCUT2D eigenvalue weighted by Crippen LogP contribution is -2.30. The van der Waals surface area contributed by atoms with Crippen LogP contribution in [0.4, 0.5) is 0 Å². The van der Waals surface area contributed by atoms with Crippen LogP contribution in [0.5, 0.6) is 0 Å². The first-order valence-electron chi connectivity index (χ1n) is 5.02. The molecule has 0 radical (unpaired) electrons. The SMILES string of the molecule is CCCC(C(=O)O)S(=O)(=O)c1ccccc1. The maximum absolute atomic E-state index is 12.0. The van der Waals surface area contributed by atoms with Crippen molar-refractivity contribution in [3.63, 3.8) is 0 Å². The summed E-state index contributed by atoms with van der Waals surface area (Å²) in [6.45, 7) is 1.76. The summed E-state index contributed by atoms with van der Waals surface area (Å²) in [6.07, 6.45) is 0.648. The predicted molar refractivity (Wildman–Crippen MR) is 60.0 cm³/mol. The molecule has 0 spiro atoms. The topological polar surface area (TPSA) is 71.4 Å². The summed E-state index contributed by atoms with van der Waals surface area (Å²) < 4.78 is 24.0. The van der Waals surface area contributed by atoms with E-state index in [1.165, 1.54) is 12.1 Å². The van der Waals surface area contributed by atoms with E-state index in [4.69, 9.17) is 5.11 Å². The lowest BCUT2D eigenvalue weighted by atomic mass is 10.2. The van der Waals surface area contributed by atoms with E-state index >= 15 is 0 Å². The average molecular weight is 242 g/mol. The van der Waals surface area contributed by atoms with Crippen LogP contribution in [-0.4, -0.2) is 24.7 Å². The van der Waals surface area contributed by atoms with Gasteiger partial charge in [-0.15, -0.1) is 0 Å². The molecule has 1 unspecified atom stereocenters. The highest BCUT2D eigenvalue weighted by Crippen LogP contribution is 2.19. The molecule has 16 heavy (non-hydrogen) atoms. The van der Waals surface area contributed by atoms with E-state index in [1.54, 1.807) is 25.1 Å². The Hall–Kier alpha value is -1.36. The molecule has 5 heteroatoms. The highest BCUT2D eigenvalue weighted by atomic mass is 32.2. The molecule has 0 aromatic heterocycles. The smallest absolute Gasteiger partial charge is 0.322 e. The Morgan fingerprint density at radius 3 is 2.31 bits per heavy atom. The number of carboxylic acid groups (broad SMARTS) is 1. The molecule has 0 aliphatic rings. The van der Waals surface area contributed by atoms with Gasteiger partial charge in [-0.2, -0.15) is 0 Å². The minimum absolute atomic E-state index is 0.0656. The average Bonchev–Trinajstić information content (AvgIpc) is 2.26. The van der Waals surface area contributed by atoms with Gasteiger partial charge in [0.2, 0.25) is 0 Å². The van der Waals surface area contributed by atoms with Gasteiger partial charge in [-0.3, -0.25) is 4.79 Å². The van der Waals surface area contributed by atoms with Crippen molar-refractivity contribution in [2.75, 3.05) is 0 Å². The summed E-state index contributed by atoms with van der Waals surface area (Å²) >= 11 is 0. The molecule has 0 fully saturated rings. The maximum atomic E-state index is 12.0. The quantitative estimate of drug-likeness (QED) is 0.853. The Morgan fingerprint density at radius 2 is 1.88 bits per heavy atom. The molecule has 0 aliphatic carbocycles. The second-order valence-electron chi connectivity index (χ2n) is 3.47. The fraction of sp³-hybridized carbons (Fsp3) is 0.364. The van der Waals surface area contributed by atoms with Crippen molar-refractivity contribution in [2.24, 2.45) is 0 Å². The summed E-state index contributed by atoms with van der Waals surface area (Å²) in [5.74, 6) is -1.29. The summed E-state index contributed by atoms with van der Waals surface area (Å²) in [7, 11) is -3.76. The van der Waals surface area contributed by atoms with Gasteiger partial charge >= 0.3 is 5.97 Å². The summed E-state index contributed by atoms with van der Waals surface area (Å²) in [5, 5.41) is 7.57. The van der Waals surface area contributed by atoms with Gasteiger partial charge in [0.1, 0.15) is 0 Å². The van der Waals surface area contributed by atoms with E-state index < -0.39 is 21.1 Å². The lowest BCUT2D eigenvalue weighted by Gasteiger charge is -2.12. The number of hydrogen-bond acceptors (Lipinski definition) is 3. The molecule has 1 aromatic rings. The van der Waals surface area contributed by atoms with Gasteiger partial charge in [0, 0.05) is 0 Å². The zero-order valence-electron chi connectivity index (χ0n) is 8.96. The molecule has 0 saturated carbocycles. The number of benzene rings is 1. The van der Waals surface area contributed by atoms with Crippen LogP contribution in [0.3, 0.4) is 0 Å². The van der Waals surface area contributed by atoms with E-state index in [2.05, 4.69) is 0 Å². The van der Waals surface area contributed by atoms with Crippen molar-refractivity contribution in [2.45, 2.75) is 29.9 Å². The van der Waals surface area contributed by atoms with Crippen molar-refractivity contribution in [3.8, 4) is 0 Å².